The Morgan fingerprint density at radius 1 is 1.44 bits per heavy atom. The van der Waals surface area contributed by atoms with E-state index < -0.39 is 0 Å². The summed E-state index contributed by atoms with van der Waals surface area (Å²) in [5, 5.41) is 8.45. The van der Waals surface area contributed by atoms with Crippen molar-refractivity contribution < 1.29 is 9.47 Å². The number of rotatable bonds is 5. The van der Waals surface area contributed by atoms with E-state index in [1.54, 1.807) is 23.9 Å². The minimum absolute atomic E-state index is 0.0208. The van der Waals surface area contributed by atoms with Gasteiger partial charge in [0, 0.05) is 32.4 Å². The fourth-order valence-corrected chi connectivity index (χ4v) is 3.25. The molecule has 0 amide bonds. The average molecular weight is 412 g/mol. The standard InChI is InChI=1S/C18H23Cl2N5O2/c1-21-18(22-6-8-26-15-5-3-4-14(19)17(15)20)25-7-9-27-16(12-25)13-10-23-24(2)11-13/h3-5,10-11,16H,6-9,12H2,1-2H3,(H,21,22). The first kappa shape index (κ1) is 19.8. The highest BCUT2D eigenvalue weighted by atomic mass is 35.5. The highest BCUT2D eigenvalue weighted by molar-refractivity contribution is 6.42. The zero-order valence-electron chi connectivity index (χ0n) is 15.4. The number of morpholine rings is 1. The number of nitrogens with zero attached hydrogens (tertiary/aromatic N) is 4. The van der Waals surface area contributed by atoms with Crippen LogP contribution in [0, 0.1) is 0 Å². The fraction of sp³-hybridized carbons (Fsp3) is 0.444. The third-order valence-electron chi connectivity index (χ3n) is 4.23. The summed E-state index contributed by atoms with van der Waals surface area (Å²) in [6.45, 7) is 3.15. The van der Waals surface area contributed by atoms with Gasteiger partial charge in [-0.3, -0.25) is 9.67 Å². The predicted octanol–water partition coefficient (Wildman–Crippen LogP) is 2.75. The topological polar surface area (TPSA) is 63.9 Å². The number of aryl methyl sites for hydroxylation is 1. The van der Waals surface area contributed by atoms with Crippen LogP contribution < -0.4 is 10.1 Å². The van der Waals surface area contributed by atoms with Crippen molar-refractivity contribution in [3.05, 3.63) is 46.2 Å². The van der Waals surface area contributed by atoms with E-state index in [4.69, 9.17) is 32.7 Å². The molecule has 0 aliphatic carbocycles. The molecule has 0 radical (unpaired) electrons. The summed E-state index contributed by atoms with van der Waals surface area (Å²) in [6.07, 6.45) is 3.80. The zero-order chi connectivity index (χ0) is 19.2. The van der Waals surface area contributed by atoms with Gasteiger partial charge in [-0.15, -0.1) is 0 Å². The molecule has 146 valence electrons. The van der Waals surface area contributed by atoms with Crippen LogP contribution in [0.5, 0.6) is 5.75 Å². The zero-order valence-corrected chi connectivity index (χ0v) is 16.9. The number of halogens is 2. The summed E-state index contributed by atoms with van der Waals surface area (Å²) >= 11 is 12.1. The Labute approximate surface area is 168 Å². The Morgan fingerprint density at radius 3 is 3.04 bits per heavy atom. The van der Waals surface area contributed by atoms with Gasteiger partial charge in [-0.1, -0.05) is 29.3 Å². The third kappa shape index (κ3) is 5.06. The van der Waals surface area contributed by atoms with E-state index in [1.165, 1.54) is 0 Å². The molecule has 1 aliphatic rings. The molecule has 0 bridgehead atoms. The highest BCUT2D eigenvalue weighted by Crippen LogP contribution is 2.31. The molecule has 1 fully saturated rings. The first-order valence-corrected chi connectivity index (χ1v) is 9.46. The van der Waals surface area contributed by atoms with Gasteiger partial charge in [0.15, 0.2) is 5.96 Å². The molecule has 1 aliphatic heterocycles. The smallest absolute Gasteiger partial charge is 0.193 e. The van der Waals surface area contributed by atoms with Gasteiger partial charge in [-0.2, -0.15) is 5.10 Å². The van der Waals surface area contributed by atoms with Crippen LogP contribution in [0.2, 0.25) is 10.0 Å². The fourth-order valence-electron chi connectivity index (χ4n) is 2.90. The molecule has 27 heavy (non-hydrogen) atoms. The molecule has 1 aromatic carbocycles. The minimum atomic E-state index is -0.0208. The van der Waals surface area contributed by atoms with Gasteiger partial charge in [0.25, 0.3) is 0 Å². The van der Waals surface area contributed by atoms with E-state index >= 15 is 0 Å². The summed E-state index contributed by atoms with van der Waals surface area (Å²) in [4.78, 5) is 6.55. The highest BCUT2D eigenvalue weighted by Gasteiger charge is 2.25. The molecule has 1 N–H and O–H groups in total. The monoisotopic (exact) mass is 411 g/mol. The van der Waals surface area contributed by atoms with Gasteiger partial charge >= 0.3 is 0 Å². The number of nitrogens with one attached hydrogen (secondary N) is 1. The third-order valence-corrected chi connectivity index (χ3v) is 5.03. The number of hydrogen-bond donors (Lipinski definition) is 1. The van der Waals surface area contributed by atoms with Crippen molar-refractivity contribution in [1.29, 1.82) is 0 Å². The van der Waals surface area contributed by atoms with Crippen LogP contribution in [0.3, 0.4) is 0 Å². The SMILES string of the molecule is CN=C(NCCOc1cccc(Cl)c1Cl)N1CCOC(c2cnn(C)c2)C1. The summed E-state index contributed by atoms with van der Waals surface area (Å²) in [7, 11) is 3.67. The van der Waals surface area contributed by atoms with Crippen LogP contribution in [0.1, 0.15) is 11.7 Å². The first-order valence-electron chi connectivity index (χ1n) is 8.71. The van der Waals surface area contributed by atoms with Crippen molar-refractivity contribution in [1.82, 2.24) is 20.0 Å². The van der Waals surface area contributed by atoms with Crippen molar-refractivity contribution in [3.63, 3.8) is 0 Å². The average Bonchev–Trinajstić information content (AvgIpc) is 3.11. The lowest BCUT2D eigenvalue weighted by atomic mass is 10.1. The maximum atomic E-state index is 6.13. The molecule has 9 heteroatoms. The molecule has 1 saturated heterocycles. The molecule has 3 rings (SSSR count). The van der Waals surface area contributed by atoms with Crippen LogP contribution in [-0.2, 0) is 11.8 Å². The van der Waals surface area contributed by atoms with E-state index in [0.29, 0.717) is 42.1 Å². The lowest BCUT2D eigenvalue weighted by molar-refractivity contribution is -0.00805. The number of aliphatic imine (C=N–C) groups is 1. The summed E-state index contributed by atoms with van der Waals surface area (Å²) < 4.78 is 13.4. The molecule has 0 spiro atoms. The van der Waals surface area contributed by atoms with Gasteiger partial charge in [-0.05, 0) is 12.1 Å². The summed E-state index contributed by atoms with van der Waals surface area (Å²) in [5.41, 5.74) is 1.07. The molecule has 2 aromatic rings. The molecule has 0 saturated carbocycles. The lowest BCUT2D eigenvalue weighted by Crippen LogP contribution is -2.48. The predicted molar refractivity (Wildman–Crippen MR) is 107 cm³/mol. The van der Waals surface area contributed by atoms with Gasteiger partial charge in [0.05, 0.1) is 30.9 Å². The number of guanidine groups is 1. The minimum Gasteiger partial charge on any atom is -0.490 e. The maximum Gasteiger partial charge on any atom is 0.193 e. The molecule has 1 unspecified atom stereocenters. The van der Waals surface area contributed by atoms with Gasteiger partial charge in [0.2, 0.25) is 0 Å². The quantitative estimate of drug-likeness (QED) is 0.465. The molecule has 7 nitrogen and oxygen atoms in total. The van der Waals surface area contributed by atoms with E-state index in [1.807, 2.05) is 25.5 Å². The summed E-state index contributed by atoms with van der Waals surface area (Å²) in [5.74, 6) is 1.39. The van der Waals surface area contributed by atoms with Crippen molar-refractivity contribution >= 4 is 29.2 Å². The van der Waals surface area contributed by atoms with Crippen LogP contribution in [-0.4, -0.2) is 60.5 Å². The largest absolute Gasteiger partial charge is 0.490 e. The molecule has 2 heterocycles. The lowest BCUT2D eigenvalue weighted by Gasteiger charge is -2.34. The Bertz CT molecular complexity index is 796. The normalized spacial score (nSPS) is 17.9. The van der Waals surface area contributed by atoms with Crippen LogP contribution in [0.15, 0.2) is 35.6 Å². The van der Waals surface area contributed by atoms with Gasteiger partial charge in [0.1, 0.15) is 23.5 Å². The Morgan fingerprint density at radius 2 is 2.30 bits per heavy atom. The Kier molecular flexibility index (Phi) is 6.82. The van der Waals surface area contributed by atoms with Crippen LogP contribution in [0.4, 0.5) is 0 Å². The van der Waals surface area contributed by atoms with Crippen molar-refractivity contribution in [2.45, 2.75) is 6.10 Å². The molecule has 1 atom stereocenters. The number of hydrogen-bond acceptors (Lipinski definition) is 4. The summed E-state index contributed by atoms with van der Waals surface area (Å²) in [6, 6.07) is 5.33. The van der Waals surface area contributed by atoms with Crippen LogP contribution in [0.25, 0.3) is 0 Å². The molecular formula is C18H23Cl2N5O2. The first-order chi connectivity index (χ1) is 13.1. The van der Waals surface area contributed by atoms with Crippen molar-refractivity contribution in [3.8, 4) is 5.75 Å². The second-order valence-electron chi connectivity index (χ2n) is 6.13. The van der Waals surface area contributed by atoms with E-state index in [9.17, 15) is 0 Å². The van der Waals surface area contributed by atoms with E-state index in [-0.39, 0.29) is 6.10 Å². The number of benzene rings is 1. The van der Waals surface area contributed by atoms with Crippen molar-refractivity contribution in [2.24, 2.45) is 12.0 Å². The van der Waals surface area contributed by atoms with Crippen LogP contribution >= 0.6 is 23.2 Å². The molecule has 1 aromatic heterocycles. The van der Waals surface area contributed by atoms with E-state index in [2.05, 4.69) is 20.3 Å². The molecular weight excluding hydrogens is 389 g/mol. The second-order valence-corrected chi connectivity index (χ2v) is 6.91. The number of aromatic nitrogens is 2. The van der Waals surface area contributed by atoms with Gasteiger partial charge < -0.3 is 19.7 Å². The Hall–Kier alpha value is -1.96. The van der Waals surface area contributed by atoms with E-state index in [0.717, 1.165) is 18.1 Å². The van der Waals surface area contributed by atoms with Gasteiger partial charge in [-0.25, -0.2) is 0 Å². The second kappa shape index (κ2) is 9.30. The van der Waals surface area contributed by atoms with Crippen molar-refractivity contribution in [2.75, 3.05) is 39.9 Å². The number of ether oxygens (including phenoxy) is 2. The Balaban J connectivity index is 1.50. The maximum absolute atomic E-state index is 6.13.